The molecule has 4 heteroatoms. The fourth-order valence-corrected chi connectivity index (χ4v) is 2.35. The van der Waals surface area contributed by atoms with Crippen molar-refractivity contribution in [3.05, 3.63) is 23.7 Å². The zero-order chi connectivity index (χ0) is 11.5. The molecule has 1 aliphatic rings. The van der Waals surface area contributed by atoms with E-state index in [9.17, 15) is 4.79 Å². The minimum Gasteiger partial charge on any atom is -0.468 e. The van der Waals surface area contributed by atoms with E-state index in [1.165, 1.54) is 0 Å². The van der Waals surface area contributed by atoms with E-state index in [1.807, 2.05) is 13.0 Å². The molecule has 88 valence electrons. The number of carbonyl (C=O) groups is 1. The van der Waals surface area contributed by atoms with Gasteiger partial charge in [0.15, 0.2) is 0 Å². The lowest BCUT2D eigenvalue weighted by atomic mass is 10.0. The summed E-state index contributed by atoms with van der Waals surface area (Å²) in [5.74, 6) is 0.733. The van der Waals surface area contributed by atoms with Crippen LogP contribution in [0.5, 0.6) is 0 Å². The predicted molar refractivity (Wildman–Crippen MR) is 60.6 cm³/mol. The molecule has 4 nitrogen and oxygen atoms in total. The van der Waals surface area contributed by atoms with Gasteiger partial charge in [0.25, 0.3) is 0 Å². The Morgan fingerprint density at radius 1 is 1.62 bits per heavy atom. The third-order valence-electron chi connectivity index (χ3n) is 3.37. The van der Waals surface area contributed by atoms with Crippen molar-refractivity contribution in [2.45, 2.75) is 38.8 Å². The second-order valence-corrected chi connectivity index (χ2v) is 4.45. The number of nitrogens with one attached hydrogen (secondary N) is 1. The van der Waals surface area contributed by atoms with Gasteiger partial charge < -0.3 is 15.5 Å². The van der Waals surface area contributed by atoms with Crippen molar-refractivity contribution in [2.75, 3.05) is 0 Å². The highest BCUT2D eigenvalue weighted by atomic mass is 16.3. The standard InChI is InChI=1S/C12H18N2O2/c1-8-5-6-16-11(8)7-14-10-4-2-3-9(10)12(13)15/h5-6,9-10,14H,2-4,7H2,1H3,(H2,13,15). The van der Waals surface area contributed by atoms with Gasteiger partial charge in [-0.05, 0) is 31.4 Å². The molecule has 2 atom stereocenters. The van der Waals surface area contributed by atoms with Gasteiger partial charge >= 0.3 is 0 Å². The number of furan rings is 1. The molecular weight excluding hydrogens is 204 g/mol. The van der Waals surface area contributed by atoms with Gasteiger partial charge in [-0.2, -0.15) is 0 Å². The van der Waals surface area contributed by atoms with Gasteiger partial charge in [-0.1, -0.05) is 6.42 Å². The van der Waals surface area contributed by atoms with E-state index in [0.717, 1.165) is 30.6 Å². The number of nitrogens with two attached hydrogens (primary N) is 1. The molecule has 2 unspecified atom stereocenters. The van der Waals surface area contributed by atoms with Crippen molar-refractivity contribution in [2.24, 2.45) is 11.7 Å². The van der Waals surface area contributed by atoms with Crippen molar-refractivity contribution in [1.82, 2.24) is 5.32 Å². The van der Waals surface area contributed by atoms with Crippen LogP contribution in [0.4, 0.5) is 0 Å². The van der Waals surface area contributed by atoms with Crippen molar-refractivity contribution in [3.63, 3.8) is 0 Å². The highest BCUT2D eigenvalue weighted by Crippen LogP contribution is 2.25. The first-order chi connectivity index (χ1) is 7.68. The maximum absolute atomic E-state index is 11.2. The van der Waals surface area contributed by atoms with Crippen molar-refractivity contribution >= 4 is 5.91 Å². The largest absolute Gasteiger partial charge is 0.468 e. The molecule has 0 bridgehead atoms. The number of hydrogen-bond acceptors (Lipinski definition) is 3. The van der Waals surface area contributed by atoms with Gasteiger partial charge in [-0.15, -0.1) is 0 Å². The number of aryl methyl sites for hydroxylation is 1. The highest BCUT2D eigenvalue weighted by Gasteiger charge is 2.31. The quantitative estimate of drug-likeness (QED) is 0.807. The van der Waals surface area contributed by atoms with Gasteiger partial charge in [-0.25, -0.2) is 0 Å². The Bertz CT molecular complexity index is 373. The van der Waals surface area contributed by atoms with Crippen LogP contribution in [0.2, 0.25) is 0 Å². The first-order valence-corrected chi connectivity index (χ1v) is 5.74. The second-order valence-electron chi connectivity index (χ2n) is 4.45. The Hall–Kier alpha value is -1.29. The molecule has 16 heavy (non-hydrogen) atoms. The fourth-order valence-electron chi connectivity index (χ4n) is 2.35. The molecule has 0 saturated heterocycles. The average molecular weight is 222 g/mol. The van der Waals surface area contributed by atoms with Crippen LogP contribution in [0, 0.1) is 12.8 Å². The van der Waals surface area contributed by atoms with Gasteiger partial charge in [0.2, 0.25) is 5.91 Å². The number of carbonyl (C=O) groups excluding carboxylic acids is 1. The third-order valence-corrected chi connectivity index (χ3v) is 3.37. The van der Waals surface area contributed by atoms with Crippen LogP contribution in [0.15, 0.2) is 16.7 Å². The third kappa shape index (κ3) is 2.27. The zero-order valence-corrected chi connectivity index (χ0v) is 9.53. The van der Waals surface area contributed by atoms with E-state index in [4.69, 9.17) is 10.2 Å². The normalized spacial score (nSPS) is 24.8. The average Bonchev–Trinajstić information content (AvgIpc) is 2.83. The second kappa shape index (κ2) is 4.70. The Balaban J connectivity index is 1.90. The van der Waals surface area contributed by atoms with Crippen molar-refractivity contribution in [1.29, 1.82) is 0 Å². The highest BCUT2D eigenvalue weighted by molar-refractivity contribution is 5.77. The number of amides is 1. The summed E-state index contributed by atoms with van der Waals surface area (Å²) in [7, 11) is 0. The maximum Gasteiger partial charge on any atom is 0.222 e. The molecule has 1 aromatic heterocycles. The molecular formula is C12H18N2O2. The molecule has 1 heterocycles. The lowest BCUT2D eigenvalue weighted by Gasteiger charge is -2.17. The van der Waals surface area contributed by atoms with Gasteiger partial charge in [-0.3, -0.25) is 4.79 Å². The maximum atomic E-state index is 11.2. The van der Waals surface area contributed by atoms with Crippen LogP contribution in [0.3, 0.4) is 0 Å². The fraction of sp³-hybridized carbons (Fsp3) is 0.583. The summed E-state index contributed by atoms with van der Waals surface area (Å²) < 4.78 is 5.34. The number of rotatable bonds is 4. The Kier molecular flexibility index (Phi) is 3.29. The predicted octanol–water partition coefficient (Wildman–Crippen LogP) is 1.33. The van der Waals surface area contributed by atoms with Gasteiger partial charge in [0.05, 0.1) is 18.7 Å². The lowest BCUT2D eigenvalue weighted by Crippen LogP contribution is -2.38. The Labute approximate surface area is 95.2 Å². The van der Waals surface area contributed by atoms with Gasteiger partial charge in [0.1, 0.15) is 5.76 Å². The molecule has 0 radical (unpaired) electrons. The van der Waals surface area contributed by atoms with E-state index in [2.05, 4.69) is 5.32 Å². The van der Waals surface area contributed by atoms with Crippen LogP contribution < -0.4 is 11.1 Å². The van der Waals surface area contributed by atoms with Crippen LogP contribution in [-0.2, 0) is 11.3 Å². The first-order valence-electron chi connectivity index (χ1n) is 5.74. The summed E-state index contributed by atoms with van der Waals surface area (Å²) in [5, 5.41) is 3.36. The smallest absolute Gasteiger partial charge is 0.222 e. The van der Waals surface area contributed by atoms with Crippen LogP contribution in [0.25, 0.3) is 0 Å². The molecule has 1 amide bonds. The SMILES string of the molecule is Cc1ccoc1CNC1CCCC1C(N)=O. The summed E-state index contributed by atoms with van der Waals surface area (Å²) in [6.07, 6.45) is 4.69. The van der Waals surface area contributed by atoms with Crippen molar-refractivity contribution in [3.8, 4) is 0 Å². The number of primary amides is 1. The molecule has 0 spiro atoms. The lowest BCUT2D eigenvalue weighted by molar-refractivity contribution is -0.122. The minimum absolute atomic E-state index is 0.0183. The first kappa shape index (κ1) is 11.2. The monoisotopic (exact) mass is 222 g/mol. The summed E-state index contributed by atoms with van der Waals surface area (Å²) in [5.41, 5.74) is 6.50. The summed E-state index contributed by atoms with van der Waals surface area (Å²) >= 11 is 0. The molecule has 1 aliphatic carbocycles. The topological polar surface area (TPSA) is 68.3 Å². The van der Waals surface area contributed by atoms with E-state index in [-0.39, 0.29) is 17.9 Å². The molecule has 2 rings (SSSR count). The Morgan fingerprint density at radius 3 is 3.06 bits per heavy atom. The molecule has 3 N–H and O–H groups in total. The summed E-state index contributed by atoms with van der Waals surface area (Å²) in [6, 6.07) is 2.15. The molecule has 1 aromatic rings. The van der Waals surface area contributed by atoms with Crippen LogP contribution in [-0.4, -0.2) is 11.9 Å². The molecule has 0 aliphatic heterocycles. The van der Waals surface area contributed by atoms with Crippen molar-refractivity contribution < 1.29 is 9.21 Å². The molecule has 1 fully saturated rings. The van der Waals surface area contributed by atoms with E-state index in [1.54, 1.807) is 6.26 Å². The van der Waals surface area contributed by atoms with E-state index >= 15 is 0 Å². The minimum atomic E-state index is -0.189. The molecule has 0 aromatic carbocycles. The van der Waals surface area contributed by atoms with Gasteiger partial charge in [0, 0.05) is 6.04 Å². The number of hydrogen-bond donors (Lipinski definition) is 2. The molecule has 1 saturated carbocycles. The van der Waals surface area contributed by atoms with Crippen LogP contribution >= 0.6 is 0 Å². The zero-order valence-electron chi connectivity index (χ0n) is 9.53. The Morgan fingerprint density at radius 2 is 2.44 bits per heavy atom. The summed E-state index contributed by atoms with van der Waals surface area (Å²) in [6.45, 7) is 2.69. The van der Waals surface area contributed by atoms with Crippen LogP contribution in [0.1, 0.15) is 30.6 Å². The van der Waals surface area contributed by atoms with E-state index in [0.29, 0.717) is 6.54 Å². The summed E-state index contributed by atoms with van der Waals surface area (Å²) in [4.78, 5) is 11.2. The van der Waals surface area contributed by atoms with E-state index < -0.39 is 0 Å².